The third kappa shape index (κ3) is 3.79. The van der Waals surface area contributed by atoms with Crippen molar-refractivity contribution in [2.45, 2.75) is 37.4 Å². The third-order valence-electron chi connectivity index (χ3n) is 3.85. The number of thioether (sulfide) groups is 1. The van der Waals surface area contributed by atoms with Gasteiger partial charge in [0.2, 0.25) is 5.91 Å². The van der Waals surface area contributed by atoms with E-state index in [0.717, 1.165) is 34.2 Å². The summed E-state index contributed by atoms with van der Waals surface area (Å²) in [4.78, 5) is 25.3. The lowest BCUT2D eigenvalue weighted by molar-refractivity contribution is -0.113. The molecule has 3 N–H and O–H groups in total. The van der Waals surface area contributed by atoms with Gasteiger partial charge in [0, 0.05) is 4.88 Å². The average Bonchev–Trinajstić information content (AvgIpc) is 3.07. The molecule has 128 valence electrons. The largest absolute Gasteiger partial charge is 0.365 e. The highest BCUT2D eigenvalue weighted by Gasteiger charge is 2.27. The van der Waals surface area contributed by atoms with Gasteiger partial charge in [0.15, 0.2) is 4.34 Å². The van der Waals surface area contributed by atoms with E-state index in [2.05, 4.69) is 22.4 Å². The fourth-order valence-corrected chi connectivity index (χ4v) is 5.77. The number of primary amides is 1. The molecule has 0 bridgehead atoms. The second kappa shape index (κ2) is 7.20. The Morgan fingerprint density at radius 3 is 2.83 bits per heavy atom. The van der Waals surface area contributed by atoms with Gasteiger partial charge in [-0.1, -0.05) is 30.0 Å². The maximum atomic E-state index is 12.2. The van der Waals surface area contributed by atoms with E-state index in [1.807, 2.05) is 6.92 Å². The molecule has 0 fully saturated rings. The molecule has 0 aliphatic heterocycles. The molecule has 3 rings (SSSR count). The number of thiophene rings is 1. The summed E-state index contributed by atoms with van der Waals surface area (Å²) in [7, 11) is 0. The summed E-state index contributed by atoms with van der Waals surface area (Å²) in [6.45, 7) is 4.07. The van der Waals surface area contributed by atoms with E-state index < -0.39 is 5.91 Å². The minimum atomic E-state index is -0.468. The Labute approximate surface area is 152 Å². The molecule has 2 aromatic rings. The van der Waals surface area contributed by atoms with Crippen LogP contribution in [0, 0.1) is 12.8 Å². The zero-order valence-electron chi connectivity index (χ0n) is 13.4. The molecule has 2 amide bonds. The van der Waals surface area contributed by atoms with Crippen LogP contribution in [0.25, 0.3) is 0 Å². The van der Waals surface area contributed by atoms with E-state index in [1.165, 1.54) is 39.3 Å². The lowest BCUT2D eigenvalue weighted by Gasteiger charge is -2.18. The first-order valence-corrected chi connectivity index (χ1v) is 10.2. The molecular formula is C15H18N4O2S3. The summed E-state index contributed by atoms with van der Waals surface area (Å²) in [5.41, 5.74) is 7.07. The number of fused-ring (bicyclic) bond motifs is 1. The van der Waals surface area contributed by atoms with Crippen LogP contribution < -0.4 is 11.1 Å². The molecule has 9 heteroatoms. The van der Waals surface area contributed by atoms with Gasteiger partial charge in [-0.2, -0.15) is 0 Å². The molecule has 0 saturated heterocycles. The fourth-order valence-electron chi connectivity index (χ4n) is 2.73. The van der Waals surface area contributed by atoms with Crippen LogP contribution in [0.2, 0.25) is 0 Å². The molecule has 2 heterocycles. The first-order valence-electron chi connectivity index (χ1n) is 7.61. The van der Waals surface area contributed by atoms with Gasteiger partial charge in [-0.3, -0.25) is 9.59 Å². The summed E-state index contributed by atoms with van der Waals surface area (Å²) in [5.74, 6) is 0.189. The lowest BCUT2D eigenvalue weighted by Crippen LogP contribution is -2.20. The molecular weight excluding hydrogens is 364 g/mol. The van der Waals surface area contributed by atoms with Gasteiger partial charge in [-0.25, -0.2) is 0 Å². The van der Waals surface area contributed by atoms with Crippen molar-refractivity contribution < 1.29 is 9.59 Å². The summed E-state index contributed by atoms with van der Waals surface area (Å²) in [5, 5.41) is 12.2. The van der Waals surface area contributed by atoms with Crippen LogP contribution in [0.1, 0.15) is 39.2 Å². The number of aromatic nitrogens is 2. The first kappa shape index (κ1) is 17.4. The van der Waals surface area contributed by atoms with Crippen molar-refractivity contribution in [1.82, 2.24) is 10.2 Å². The number of amides is 2. The van der Waals surface area contributed by atoms with Crippen LogP contribution in [0.3, 0.4) is 0 Å². The normalized spacial score (nSPS) is 16.7. The van der Waals surface area contributed by atoms with Crippen LogP contribution >= 0.6 is 34.4 Å². The van der Waals surface area contributed by atoms with Crippen LogP contribution in [-0.4, -0.2) is 27.8 Å². The van der Waals surface area contributed by atoms with Crippen molar-refractivity contribution in [1.29, 1.82) is 0 Å². The lowest BCUT2D eigenvalue weighted by atomic mass is 9.88. The predicted octanol–water partition coefficient (Wildman–Crippen LogP) is 2.86. The number of aryl methyl sites for hydroxylation is 1. The van der Waals surface area contributed by atoms with Crippen molar-refractivity contribution >= 4 is 51.3 Å². The zero-order valence-corrected chi connectivity index (χ0v) is 15.9. The van der Waals surface area contributed by atoms with Gasteiger partial charge in [0.25, 0.3) is 5.91 Å². The van der Waals surface area contributed by atoms with Crippen LogP contribution in [0.15, 0.2) is 4.34 Å². The highest BCUT2D eigenvalue weighted by atomic mass is 32.2. The van der Waals surface area contributed by atoms with Crippen LogP contribution in [-0.2, 0) is 17.6 Å². The molecule has 1 aliphatic rings. The van der Waals surface area contributed by atoms with Crippen molar-refractivity contribution in [3.63, 3.8) is 0 Å². The van der Waals surface area contributed by atoms with Gasteiger partial charge in [0.05, 0.1) is 11.3 Å². The summed E-state index contributed by atoms with van der Waals surface area (Å²) in [6, 6.07) is 0. The molecule has 1 aliphatic carbocycles. The fraction of sp³-hybridized carbons (Fsp3) is 0.467. The van der Waals surface area contributed by atoms with E-state index >= 15 is 0 Å². The van der Waals surface area contributed by atoms with Crippen molar-refractivity contribution in [3.8, 4) is 0 Å². The van der Waals surface area contributed by atoms with E-state index in [-0.39, 0.29) is 11.7 Å². The number of nitrogens with one attached hydrogen (secondary N) is 1. The van der Waals surface area contributed by atoms with Gasteiger partial charge in [-0.15, -0.1) is 21.5 Å². The van der Waals surface area contributed by atoms with E-state index in [1.54, 1.807) is 0 Å². The predicted molar refractivity (Wildman–Crippen MR) is 98.0 cm³/mol. The van der Waals surface area contributed by atoms with Crippen LogP contribution in [0.5, 0.6) is 0 Å². The SMILES string of the molecule is Cc1nnc(SCC(=O)Nc2sc3c(c2C(N)=O)CC[C@H](C)C3)s1. The van der Waals surface area contributed by atoms with Crippen LogP contribution in [0.4, 0.5) is 5.00 Å². The molecule has 0 aromatic carbocycles. The summed E-state index contributed by atoms with van der Waals surface area (Å²) in [6.07, 6.45) is 2.83. The van der Waals surface area contributed by atoms with Gasteiger partial charge in [-0.05, 0) is 37.7 Å². The zero-order chi connectivity index (χ0) is 17.3. The smallest absolute Gasteiger partial charge is 0.251 e. The first-order chi connectivity index (χ1) is 11.4. The molecule has 0 unspecified atom stereocenters. The number of nitrogens with zero attached hydrogens (tertiary/aromatic N) is 2. The Morgan fingerprint density at radius 1 is 1.38 bits per heavy atom. The monoisotopic (exact) mass is 382 g/mol. The Morgan fingerprint density at radius 2 is 2.17 bits per heavy atom. The topological polar surface area (TPSA) is 98.0 Å². The Bertz CT molecular complexity index is 784. The maximum Gasteiger partial charge on any atom is 0.251 e. The molecule has 6 nitrogen and oxygen atoms in total. The van der Waals surface area contributed by atoms with Crippen molar-refractivity contribution in [2.75, 3.05) is 11.1 Å². The van der Waals surface area contributed by atoms with E-state index in [4.69, 9.17) is 5.73 Å². The molecule has 1 atom stereocenters. The molecule has 0 saturated carbocycles. The number of hydrogen-bond donors (Lipinski definition) is 2. The maximum absolute atomic E-state index is 12.2. The summed E-state index contributed by atoms with van der Waals surface area (Å²) >= 11 is 4.28. The van der Waals surface area contributed by atoms with Gasteiger partial charge < -0.3 is 11.1 Å². The van der Waals surface area contributed by atoms with Crippen molar-refractivity contribution in [3.05, 3.63) is 21.0 Å². The molecule has 0 spiro atoms. The Hall–Kier alpha value is -1.45. The third-order valence-corrected chi connectivity index (χ3v) is 6.99. The molecule has 0 radical (unpaired) electrons. The van der Waals surface area contributed by atoms with Crippen molar-refractivity contribution in [2.24, 2.45) is 11.7 Å². The van der Waals surface area contributed by atoms with Gasteiger partial charge >= 0.3 is 0 Å². The number of carbonyl (C=O) groups excluding carboxylic acids is 2. The number of nitrogens with two attached hydrogens (primary N) is 1. The van der Waals surface area contributed by atoms with Gasteiger partial charge in [0.1, 0.15) is 10.0 Å². The highest BCUT2D eigenvalue weighted by Crippen LogP contribution is 2.39. The quantitative estimate of drug-likeness (QED) is 0.775. The highest BCUT2D eigenvalue weighted by molar-refractivity contribution is 8.01. The molecule has 2 aromatic heterocycles. The second-order valence-electron chi connectivity index (χ2n) is 5.84. The number of carbonyl (C=O) groups is 2. The Kier molecular flexibility index (Phi) is 5.21. The minimum Gasteiger partial charge on any atom is -0.365 e. The minimum absolute atomic E-state index is 0.165. The number of hydrogen-bond acceptors (Lipinski definition) is 7. The van der Waals surface area contributed by atoms with E-state index in [9.17, 15) is 9.59 Å². The average molecular weight is 383 g/mol. The Balaban J connectivity index is 1.72. The number of anilines is 1. The summed E-state index contributed by atoms with van der Waals surface area (Å²) < 4.78 is 0.761. The van der Waals surface area contributed by atoms with E-state index in [0.29, 0.717) is 16.5 Å². The second-order valence-corrected chi connectivity index (χ2v) is 9.35. The molecule has 24 heavy (non-hydrogen) atoms. The standard InChI is InChI=1S/C15H18N4O2S3/c1-7-3-4-9-10(5-7)24-14(12(9)13(16)21)17-11(20)6-22-15-19-18-8(2)23-15/h7H,3-6H2,1-2H3,(H2,16,21)(H,17,20)/t7-/m0/s1. The number of rotatable bonds is 5.